The molecule has 3 aromatic rings. The van der Waals surface area contributed by atoms with Crippen molar-refractivity contribution in [2.75, 3.05) is 0 Å². The van der Waals surface area contributed by atoms with Gasteiger partial charge in [-0.15, -0.1) is 0 Å². The van der Waals surface area contributed by atoms with Gasteiger partial charge in [-0.2, -0.15) is 4.99 Å². The molecule has 0 bridgehead atoms. The number of amides is 1. The third kappa shape index (κ3) is 3.27. The lowest BCUT2D eigenvalue weighted by Crippen LogP contribution is -2.14. The number of benzene rings is 2. The Hall–Kier alpha value is -2.20. The molecule has 3 nitrogen and oxygen atoms in total. The van der Waals surface area contributed by atoms with Crippen LogP contribution in [0.15, 0.2) is 41.4 Å². The van der Waals surface area contributed by atoms with Crippen LogP contribution >= 0.6 is 11.3 Å². The number of carbonyl (C=O) groups excluding carboxylic acids is 1. The van der Waals surface area contributed by atoms with Gasteiger partial charge in [-0.05, 0) is 55.2 Å². The highest BCUT2D eigenvalue weighted by atomic mass is 32.1. The molecule has 0 saturated carbocycles. The number of carbonyl (C=O) groups is 1. The SMILES string of the molecule is Cc1ccc2c(c1)sc(=NC(=O)Cc1ccc(C)c(C)c1)n2C. The quantitative estimate of drug-likeness (QED) is 0.705. The van der Waals surface area contributed by atoms with E-state index in [1.165, 1.54) is 16.7 Å². The molecule has 3 rings (SSSR count). The van der Waals surface area contributed by atoms with Crippen molar-refractivity contribution in [3.63, 3.8) is 0 Å². The van der Waals surface area contributed by atoms with Crippen LogP contribution in [0.2, 0.25) is 0 Å². The van der Waals surface area contributed by atoms with Crippen molar-refractivity contribution in [2.45, 2.75) is 27.2 Å². The molecule has 118 valence electrons. The van der Waals surface area contributed by atoms with Gasteiger partial charge in [0.1, 0.15) is 0 Å². The summed E-state index contributed by atoms with van der Waals surface area (Å²) in [5, 5.41) is 0. The van der Waals surface area contributed by atoms with Gasteiger partial charge < -0.3 is 4.57 Å². The Bertz CT molecular complexity index is 963. The van der Waals surface area contributed by atoms with E-state index in [1.54, 1.807) is 11.3 Å². The van der Waals surface area contributed by atoms with Gasteiger partial charge in [-0.3, -0.25) is 4.79 Å². The highest BCUT2D eigenvalue weighted by Crippen LogP contribution is 2.18. The van der Waals surface area contributed by atoms with E-state index in [4.69, 9.17) is 0 Å². The average molecular weight is 324 g/mol. The van der Waals surface area contributed by atoms with Crippen LogP contribution in [0.4, 0.5) is 0 Å². The topological polar surface area (TPSA) is 34.4 Å². The zero-order valence-corrected chi connectivity index (χ0v) is 14.7. The molecule has 4 heteroatoms. The molecule has 2 aromatic carbocycles. The summed E-state index contributed by atoms with van der Waals surface area (Å²) in [5.41, 5.74) is 5.79. The van der Waals surface area contributed by atoms with Crippen molar-refractivity contribution in [1.29, 1.82) is 0 Å². The van der Waals surface area contributed by atoms with E-state index in [1.807, 2.05) is 17.7 Å². The molecule has 1 amide bonds. The Labute approximate surface area is 139 Å². The molecule has 0 unspecified atom stereocenters. The maximum Gasteiger partial charge on any atom is 0.252 e. The lowest BCUT2D eigenvalue weighted by molar-refractivity contribution is -0.117. The number of nitrogens with zero attached hydrogens (tertiary/aromatic N) is 2. The fourth-order valence-corrected chi connectivity index (χ4v) is 3.72. The number of aryl methyl sites for hydroxylation is 4. The van der Waals surface area contributed by atoms with Crippen molar-refractivity contribution in [2.24, 2.45) is 12.0 Å². The van der Waals surface area contributed by atoms with Gasteiger partial charge in [0.05, 0.1) is 16.6 Å². The second-order valence-electron chi connectivity index (χ2n) is 6.02. The molecule has 0 aliphatic heterocycles. The molecule has 23 heavy (non-hydrogen) atoms. The molecule has 0 aliphatic rings. The van der Waals surface area contributed by atoms with E-state index >= 15 is 0 Å². The number of thiazole rings is 1. The van der Waals surface area contributed by atoms with E-state index in [0.717, 1.165) is 20.6 Å². The first kappa shape index (κ1) is 15.7. The summed E-state index contributed by atoms with van der Waals surface area (Å²) < 4.78 is 3.14. The summed E-state index contributed by atoms with van der Waals surface area (Å²) in [4.78, 5) is 17.4. The van der Waals surface area contributed by atoms with Crippen LogP contribution in [0.1, 0.15) is 22.3 Å². The minimum Gasteiger partial charge on any atom is -0.319 e. The average Bonchev–Trinajstić information content (AvgIpc) is 2.78. The third-order valence-electron chi connectivity index (χ3n) is 4.11. The van der Waals surface area contributed by atoms with Crippen LogP contribution in [0.25, 0.3) is 10.2 Å². The smallest absolute Gasteiger partial charge is 0.252 e. The summed E-state index contributed by atoms with van der Waals surface area (Å²) in [6.45, 7) is 6.21. The Morgan fingerprint density at radius 3 is 2.61 bits per heavy atom. The number of hydrogen-bond donors (Lipinski definition) is 0. The summed E-state index contributed by atoms with van der Waals surface area (Å²) in [7, 11) is 1.95. The van der Waals surface area contributed by atoms with Crippen molar-refractivity contribution in [1.82, 2.24) is 4.57 Å². The van der Waals surface area contributed by atoms with Gasteiger partial charge in [-0.1, -0.05) is 35.6 Å². The summed E-state index contributed by atoms with van der Waals surface area (Å²) >= 11 is 1.56. The lowest BCUT2D eigenvalue weighted by Gasteiger charge is -2.02. The standard InChI is InChI=1S/C19H20N2OS/c1-12-5-8-16-17(9-12)23-19(21(16)4)20-18(22)11-15-7-6-13(2)14(3)10-15/h5-10H,11H2,1-4H3. The van der Waals surface area contributed by atoms with Crippen LogP contribution < -0.4 is 4.80 Å². The predicted molar refractivity (Wildman–Crippen MR) is 95.7 cm³/mol. The van der Waals surface area contributed by atoms with E-state index in [-0.39, 0.29) is 5.91 Å². The monoisotopic (exact) mass is 324 g/mol. The van der Waals surface area contributed by atoms with Gasteiger partial charge in [0.25, 0.3) is 5.91 Å². The molecular weight excluding hydrogens is 304 g/mol. The second-order valence-corrected chi connectivity index (χ2v) is 7.02. The summed E-state index contributed by atoms with van der Waals surface area (Å²) in [6.07, 6.45) is 0.342. The molecule has 0 fully saturated rings. The fraction of sp³-hybridized carbons (Fsp3) is 0.263. The first-order valence-corrected chi connectivity index (χ1v) is 8.45. The highest BCUT2D eigenvalue weighted by Gasteiger charge is 2.07. The maximum absolute atomic E-state index is 12.3. The zero-order valence-electron chi connectivity index (χ0n) is 13.9. The maximum atomic E-state index is 12.3. The minimum atomic E-state index is -0.105. The zero-order chi connectivity index (χ0) is 16.6. The fourth-order valence-electron chi connectivity index (χ4n) is 2.58. The van der Waals surface area contributed by atoms with Crippen molar-refractivity contribution < 1.29 is 4.79 Å². The first-order chi connectivity index (χ1) is 10.9. The van der Waals surface area contributed by atoms with Crippen molar-refractivity contribution >= 4 is 27.5 Å². The van der Waals surface area contributed by atoms with Gasteiger partial charge in [-0.25, -0.2) is 0 Å². The molecule has 1 aromatic heterocycles. The number of aromatic nitrogens is 1. The molecule has 1 heterocycles. The Morgan fingerprint density at radius 2 is 1.87 bits per heavy atom. The van der Waals surface area contributed by atoms with Crippen LogP contribution in [-0.2, 0) is 18.3 Å². The van der Waals surface area contributed by atoms with Gasteiger partial charge in [0.2, 0.25) is 0 Å². The Kier molecular flexibility index (Phi) is 4.18. The van der Waals surface area contributed by atoms with E-state index in [2.05, 4.69) is 56.1 Å². The first-order valence-electron chi connectivity index (χ1n) is 7.64. The minimum absolute atomic E-state index is 0.105. The Balaban J connectivity index is 1.93. The molecular formula is C19H20N2OS. The predicted octanol–water partition coefficient (Wildman–Crippen LogP) is 3.84. The van der Waals surface area contributed by atoms with Crippen molar-refractivity contribution in [3.05, 3.63) is 63.5 Å². The lowest BCUT2D eigenvalue weighted by atomic mass is 10.0. The number of hydrogen-bond acceptors (Lipinski definition) is 2. The van der Waals surface area contributed by atoms with Crippen LogP contribution in [0.5, 0.6) is 0 Å². The van der Waals surface area contributed by atoms with Gasteiger partial charge in [0.15, 0.2) is 4.80 Å². The van der Waals surface area contributed by atoms with Crippen LogP contribution in [0.3, 0.4) is 0 Å². The van der Waals surface area contributed by atoms with E-state index < -0.39 is 0 Å². The van der Waals surface area contributed by atoms with Gasteiger partial charge >= 0.3 is 0 Å². The largest absolute Gasteiger partial charge is 0.319 e. The normalized spacial score (nSPS) is 12.1. The van der Waals surface area contributed by atoms with E-state index in [0.29, 0.717) is 6.42 Å². The van der Waals surface area contributed by atoms with Crippen molar-refractivity contribution in [3.8, 4) is 0 Å². The molecule has 0 aliphatic carbocycles. The Morgan fingerprint density at radius 1 is 1.09 bits per heavy atom. The molecule has 0 N–H and O–H groups in total. The third-order valence-corrected chi connectivity index (χ3v) is 5.21. The second kappa shape index (κ2) is 6.13. The molecule has 0 atom stereocenters. The van der Waals surface area contributed by atoms with Crippen LogP contribution in [0, 0.1) is 20.8 Å². The molecule has 0 spiro atoms. The summed E-state index contributed by atoms with van der Waals surface area (Å²) in [6, 6.07) is 12.4. The summed E-state index contributed by atoms with van der Waals surface area (Å²) in [5.74, 6) is -0.105. The molecule has 0 saturated heterocycles. The number of rotatable bonds is 2. The molecule has 0 radical (unpaired) electrons. The van der Waals surface area contributed by atoms with E-state index in [9.17, 15) is 4.79 Å². The van der Waals surface area contributed by atoms with Gasteiger partial charge in [0, 0.05) is 7.05 Å². The number of fused-ring (bicyclic) bond motifs is 1. The highest BCUT2D eigenvalue weighted by molar-refractivity contribution is 7.16. The van der Waals surface area contributed by atoms with Crippen LogP contribution in [-0.4, -0.2) is 10.5 Å².